The number of hydrogen-bond acceptors (Lipinski definition) is 5. The molecular formula is C25H45NO4. The number of rotatable bonds is 17. The number of esters is 2. The van der Waals surface area contributed by atoms with E-state index in [1.807, 2.05) is 13.8 Å². The second-order valence-electron chi connectivity index (χ2n) is 8.67. The number of carbonyl (C=O) groups is 2. The summed E-state index contributed by atoms with van der Waals surface area (Å²) in [5.74, 6) is -0.906. The lowest BCUT2D eigenvalue weighted by Gasteiger charge is -2.42. The monoisotopic (exact) mass is 423 g/mol. The highest BCUT2D eigenvalue weighted by Gasteiger charge is 2.44. The van der Waals surface area contributed by atoms with Crippen molar-refractivity contribution in [2.45, 2.75) is 111 Å². The quantitative estimate of drug-likeness (QED) is 0.180. The fourth-order valence-electron chi connectivity index (χ4n) is 3.69. The molecule has 0 spiro atoms. The second kappa shape index (κ2) is 15.2. The molecule has 2 atom stereocenters. The lowest BCUT2D eigenvalue weighted by Crippen LogP contribution is -2.51. The van der Waals surface area contributed by atoms with Crippen LogP contribution in [0.15, 0.2) is 24.3 Å². The maximum absolute atomic E-state index is 12.1. The first-order valence-electron chi connectivity index (χ1n) is 11.5. The van der Waals surface area contributed by atoms with Crippen molar-refractivity contribution >= 4 is 11.9 Å². The van der Waals surface area contributed by atoms with Gasteiger partial charge in [-0.1, -0.05) is 77.9 Å². The number of carbonyl (C=O) groups excluding carboxylic acids is 2. The zero-order valence-corrected chi connectivity index (χ0v) is 20.1. The van der Waals surface area contributed by atoms with E-state index in [9.17, 15) is 9.59 Å². The van der Waals surface area contributed by atoms with E-state index < -0.39 is 29.6 Å². The average Bonchev–Trinajstić information content (AvgIpc) is 2.69. The van der Waals surface area contributed by atoms with E-state index in [-0.39, 0.29) is 6.54 Å². The summed E-state index contributed by atoms with van der Waals surface area (Å²) in [6.45, 7) is 16.7. The van der Waals surface area contributed by atoms with Crippen LogP contribution in [0.2, 0.25) is 0 Å². The SMILES string of the molecule is C=C(C)C(=O)OC(C)C(CN)(CCCCCCCCCCC)C(C)OC(=O)C(=C)C. The van der Waals surface area contributed by atoms with E-state index in [2.05, 4.69) is 20.1 Å². The van der Waals surface area contributed by atoms with Gasteiger partial charge in [0.25, 0.3) is 0 Å². The highest BCUT2D eigenvalue weighted by Crippen LogP contribution is 2.36. The minimum absolute atomic E-state index is 0.249. The molecule has 174 valence electrons. The predicted molar refractivity (Wildman–Crippen MR) is 124 cm³/mol. The van der Waals surface area contributed by atoms with Crippen molar-refractivity contribution in [1.82, 2.24) is 0 Å². The number of hydrogen-bond donors (Lipinski definition) is 1. The van der Waals surface area contributed by atoms with Gasteiger partial charge >= 0.3 is 11.9 Å². The summed E-state index contributed by atoms with van der Waals surface area (Å²) in [6.07, 6.45) is 10.6. The number of ether oxygens (including phenoxy) is 2. The van der Waals surface area contributed by atoms with E-state index >= 15 is 0 Å². The van der Waals surface area contributed by atoms with Gasteiger partial charge in [-0.15, -0.1) is 0 Å². The highest BCUT2D eigenvalue weighted by molar-refractivity contribution is 5.87. The third-order valence-corrected chi connectivity index (χ3v) is 6.01. The third kappa shape index (κ3) is 9.92. The lowest BCUT2D eigenvalue weighted by molar-refractivity contribution is -0.166. The fourth-order valence-corrected chi connectivity index (χ4v) is 3.69. The Morgan fingerprint density at radius 1 is 0.800 bits per heavy atom. The molecule has 0 fully saturated rings. The van der Waals surface area contributed by atoms with Gasteiger partial charge < -0.3 is 15.2 Å². The van der Waals surface area contributed by atoms with Gasteiger partial charge in [-0.05, 0) is 34.1 Å². The van der Waals surface area contributed by atoms with E-state index in [0.29, 0.717) is 17.6 Å². The van der Waals surface area contributed by atoms with Gasteiger partial charge in [-0.25, -0.2) is 9.59 Å². The van der Waals surface area contributed by atoms with E-state index in [1.54, 1.807) is 13.8 Å². The van der Waals surface area contributed by atoms with Gasteiger partial charge in [-0.2, -0.15) is 0 Å². The fraction of sp³-hybridized carbons (Fsp3) is 0.760. The zero-order valence-electron chi connectivity index (χ0n) is 20.1. The van der Waals surface area contributed by atoms with E-state index in [1.165, 1.54) is 44.9 Å². The van der Waals surface area contributed by atoms with E-state index in [0.717, 1.165) is 12.8 Å². The van der Waals surface area contributed by atoms with Crippen LogP contribution in [0.3, 0.4) is 0 Å². The maximum Gasteiger partial charge on any atom is 0.333 e. The minimum atomic E-state index is -0.655. The first-order valence-corrected chi connectivity index (χ1v) is 11.5. The topological polar surface area (TPSA) is 78.6 Å². The van der Waals surface area contributed by atoms with Crippen molar-refractivity contribution < 1.29 is 19.1 Å². The standard InChI is InChI=1S/C25H45NO4/c1-8-9-10-11-12-13-14-15-16-17-25(18-26,21(6)29-23(27)19(2)3)22(7)30-24(28)20(4)5/h21-22H,2,4,8-18,26H2,1,3,5-7H3. The van der Waals surface area contributed by atoms with Gasteiger partial charge in [0.2, 0.25) is 0 Å². The summed E-state index contributed by atoms with van der Waals surface area (Å²) < 4.78 is 11.3. The molecule has 0 saturated heterocycles. The molecule has 30 heavy (non-hydrogen) atoms. The van der Waals surface area contributed by atoms with Gasteiger partial charge in [-0.3, -0.25) is 0 Å². The van der Waals surface area contributed by atoms with Crippen LogP contribution in [-0.2, 0) is 19.1 Å². The first kappa shape index (κ1) is 28.4. The molecule has 5 heteroatoms. The summed E-state index contributed by atoms with van der Waals surface area (Å²) >= 11 is 0. The summed E-state index contributed by atoms with van der Waals surface area (Å²) in [5, 5.41) is 0. The van der Waals surface area contributed by atoms with Crippen LogP contribution in [0.1, 0.15) is 98.8 Å². The van der Waals surface area contributed by atoms with Crippen LogP contribution in [-0.4, -0.2) is 30.7 Å². The Kier molecular flexibility index (Phi) is 14.4. The van der Waals surface area contributed by atoms with Crippen LogP contribution < -0.4 is 5.73 Å². The smallest absolute Gasteiger partial charge is 0.333 e. The van der Waals surface area contributed by atoms with Gasteiger partial charge in [0.1, 0.15) is 12.2 Å². The molecule has 0 saturated carbocycles. The molecule has 0 aliphatic heterocycles. The summed E-state index contributed by atoms with van der Waals surface area (Å²) in [4.78, 5) is 24.2. The summed E-state index contributed by atoms with van der Waals surface area (Å²) in [7, 11) is 0. The molecule has 0 aromatic carbocycles. The molecule has 0 aromatic rings. The van der Waals surface area contributed by atoms with Crippen molar-refractivity contribution in [2.75, 3.05) is 6.54 Å². The second-order valence-corrected chi connectivity index (χ2v) is 8.67. The molecule has 0 heterocycles. The summed E-state index contributed by atoms with van der Waals surface area (Å²) in [5.41, 5.74) is 6.21. The minimum Gasteiger partial charge on any atom is -0.459 e. The Bertz CT molecular complexity index is 521. The molecule has 0 radical (unpaired) electrons. The predicted octanol–water partition coefficient (Wildman–Crippen LogP) is 5.87. The molecule has 0 aromatic heterocycles. The van der Waals surface area contributed by atoms with Gasteiger partial charge in [0, 0.05) is 17.7 Å². The third-order valence-electron chi connectivity index (χ3n) is 6.01. The molecule has 2 unspecified atom stereocenters. The van der Waals surface area contributed by atoms with E-state index in [4.69, 9.17) is 15.2 Å². The Balaban J connectivity index is 4.99. The average molecular weight is 424 g/mol. The molecule has 5 nitrogen and oxygen atoms in total. The molecular weight excluding hydrogens is 378 g/mol. The van der Waals surface area contributed by atoms with Crippen LogP contribution >= 0.6 is 0 Å². The molecule has 0 bridgehead atoms. The first-order chi connectivity index (χ1) is 14.1. The van der Waals surface area contributed by atoms with Crippen molar-refractivity contribution in [3.05, 3.63) is 24.3 Å². The molecule has 0 rings (SSSR count). The number of unbranched alkanes of at least 4 members (excludes halogenated alkanes) is 8. The Morgan fingerprint density at radius 2 is 1.17 bits per heavy atom. The molecule has 0 amide bonds. The Morgan fingerprint density at radius 3 is 1.50 bits per heavy atom. The van der Waals surface area contributed by atoms with Crippen molar-refractivity contribution in [3.8, 4) is 0 Å². The van der Waals surface area contributed by atoms with Crippen molar-refractivity contribution in [3.63, 3.8) is 0 Å². The van der Waals surface area contributed by atoms with Crippen molar-refractivity contribution in [2.24, 2.45) is 11.1 Å². The largest absolute Gasteiger partial charge is 0.459 e. The van der Waals surface area contributed by atoms with Crippen LogP contribution in [0.25, 0.3) is 0 Å². The normalized spacial score (nSPS) is 15.0. The Hall–Kier alpha value is -1.62. The maximum atomic E-state index is 12.1. The zero-order chi connectivity index (χ0) is 23.2. The number of nitrogens with two attached hydrogens (primary N) is 1. The van der Waals surface area contributed by atoms with Crippen molar-refractivity contribution in [1.29, 1.82) is 0 Å². The van der Waals surface area contributed by atoms with Gasteiger partial charge in [0.15, 0.2) is 0 Å². The van der Waals surface area contributed by atoms with Crippen LogP contribution in [0.5, 0.6) is 0 Å². The highest BCUT2D eigenvalue weighted by atomic mass is 16.6. The molecule has 0 aliphatic carbocycles. The summed E-state index contributed by atoms with van der Waals surface area (Å²) in [6, 6.07) is 0. The van der Waals surface area contributed by atoms with Crippen LogP contribution in [0.4, 0.5) is 0 Å². The molecule has 0 aliphatic rings. The molecule has 2 N–H and O–H groups in total. The van der Waals surface area contributed by atoms with Gasteiger partial charge in [0.05, 0.1) is 5.41 Å². The van der Waals surface area contributed by atoms with Crippen LogP contribution in [0, 0.1) is 5.41 Å². The Labute approximate surface area is 184 Å². The lowest BCUT2D eigenvalue weighted by atomic mass is 9.73.